The highest BCUT2D eigenvalue weighted by Crippen LogP contribution is 2.49. The summed E-state index contributed by atoms with van der Waals surface area (Å²) < 4.78 is 0. The number of aliphatic carboxylic acids is 1. The van der Waals surface area contributed by atoms with Gasteiger partial charge in [-0.25, -0.2) is 4.98 Å². The average Bonchev–Trinajstić information content (AvgIpc) is 3.42. The Labute approximate surface area is 219 Å². The van der Waals surface area contributed by atoms with Crippen LogP contribution in [0.15, 0.2) is 18.2 Å². The lowest BCUT2D eigenvalue weighted by molar-refractivity contribution is -0.145. The van der Waals surface area contributed by atoms with E-state index in [-0.39, 0.29) is 28.7 Å². The molecule has 36 heavy (non-hydrogen) atoms. The maximum absolute atomic E-state index is 13.2. The first kappa shape index (κ1) is 25.4. The van der Waals surface area contributed by atoms with Gasteiger partial charge in [-0.2, -0.15) is 0 Å². The minimum absolute atomic E-state index is 0.0284. The topological polar surface area (TPSA) is 79.3 Å². The maximum atomic E-state index is 13.2. The van der Waals surface area contributed by atoms with E-state index in [4.69, 9.17) is 10.1 Å². The third kappa shape index (κ3) is 5.39. The van der Waals surface area contributed by atoms with E-state index in [0.717, 1.165) is 17.7 Å². The van der Waals surface area contributed by atoms with Crippen LogP contribution < -0.4 is 5.32 Å². The first-order chi connectivity index (χ1) is 17.0. The molecule has 3 aliphatic carbocycles. The van der Waals surface area contributed by atoms with Crippen molar-refractivity contribution in [2.45, 2.75) is 109 Å². The number of carbonyl (C=O) groups is 2. The second-order valence-corrected chi connectivity index (χ2v) is 13.9. The molecule has 194 valence electrons. The number of hydrogen-bond donors (Lipinski definition) is 2. The van der Waals surface area contributed by atoms with Crippen molar-refractivity contribution in [1.29, 1.82) is 0 Å². The van der Waals surface area contributed by atoms with Crippen molar-refractivity contribution >= 4 is 23.2 Å². The molecule has 0 saturated heterocycles. The van der Waals surface area contributed by atoms with E-state index < -0.39 is 5.97 Å². The molecular formula is C30H40N2O3S. The number of carbonyl (C=O) groups excluding carboxylic acids is 1. The third-order valence-corrected chi connectivity index (χ3v) is 9.76. The Hall–Kier alpha value is -2.21. The number of benzene rings is 1. The number of rotatable bonds is 7. The molecule has 0 aliphatic heterocycles. The molecule has 0 atom stereocenters. The van der Waals surface area contributed by atoms with Gasteiger partial charge in [-0.3, -0.25) is 9.59 Å². The average molecular weight is 509 g/mol. The molecule has 3 saturated carbocycles. The molecule has 0 radical (unpaired) electrons. The number of amides is 1. The molecule has 2 aromatic rings. The lowest BCUT2D eigenvalue weighted by Crippen LogP contribution is -2.46. The van der Waals surface area contributed by atoms with Crippen LogP contribution in [0.25, 0.3) is 11.3 Å². The standard InChI is InChI=1S/C30H40N2O3S/c1-29(2,3)21-13-19(14-22(17-21)30(4)10-11-30)25-24(12-18-8-6-5-7-9-18)36-27(32-25)26(33)31-23-15-20(16-23)28(34)35/h13-14,17-18,20,23H,5-12,15-16H2,1-4H3,(H,31,33)(H,34,35). The molecule has 0 unspecified atom stereocenters. The van der Waals surface area contributed by atoms with Gasteiger partial charge in [0.15, 0.2) is 5.01 Å². The summed E-state index contributed by atoms with van der Waals surface area (Å²) in [6.07, 6.45) is 10.8. The molecule has 2 N–H and O–H groups in total. The summed E-state index contributed by atoms with van der Waals surface area (Å²) in [5.74, 6) is -0.619. The number of aromatic nitrogens is 1. The monoisotopic (exact) mass is 508 g/mol. The molecule has 1 heterocycles. The number of carboxylic acid groups (broad SMARTS) is 1. The summed E-state index contributed by atoms with van der Waals surface area (Å²) in [5.41, 5.74) is 5.11. The van der Waals surface area contributed by atoms with E-state index in [1.54, 1.807) is 11.3 Å². The van der Waals surface area contributed by atoms with E-state index in [0.29, 0.717) is 23.8 Å². The summed E-state index contributed by atoms with van der Waals surface area (Å²) in [6.45, 7) is 9.13. The molecule has 5 rings (SSSR count). The van der Waals surface area contributed by atoms with Crippen molar-refractivity contribution in [3.05, 3.63) is 39.2 Å². The summed E-state index contributed by atoms with van der Waals surface area (Å²) in [7, 11) is 0. The van der Waals surface area contributed by atoms with E-state index >= 15 is 0 Å². The zero-order valence-corrected chi connectivity index (χ0v) is 23.0. The molecular weight excluding hydrogens is 468 g/mol. The predicted octanol–water partition coefficient (Wildman–Crippen LogP) is 6.87. The van der Waals surface area contributed by atoms with Gasteiger partial charge in [0, 0.05) is 16.5 Å². The van der Waals surface area contributed by atoms with Crippen molar-refractivity contribution < 1.29 is 14.7 Å². The van der Waals surface area contributed by atoms with Crippen LogP contribution in [-0.4, -0.2) is 28.0 Å². The van der Waals surface area contributed by atoms with Crippen LogP contribution in [0.1, 0.15) is 111 Å². The minimum Gasteiger partial charge on any atom is -0.481 e. The molecule has 3 aliphatic rings. The third-order valence-electron chi connectivity index (χ3n) is 8.68. The van der Waals surface area contributed by atoms with Crippen LogP contribution in [0.3, 0.4) is 0 Å². The van der Waals surface area contributed by atoms with Gasteiger partial charge in [-0.15, -0.1) is 11.3 Å². The molecule has 1 aromatic carbocycles. The van der Waals surface area contributed by atoms with Crippen molar-refractivity contribution in [3.63, 3.8) is 0 Å². The number of hydrogen-bond acceptors (Lipinski definition) is 4. The number of nitrogens with one attached hydrogen (secondary N) is 1. The Morgan fingerprint density at radius 2 is 1.81 bits per heavy atom. The SMILES string of the molecule is CC(C)(C)c1cc(-c2nc(C(=O)NC3CC(C(=O)O)C3)sc2CC2CCCCC2)cc(C2(C)CC2)c1. The molecule has 3 fully saturated rings. The van der Waals surface area contributed by atoms with Gasteiger partial charge in [0.1, 0.15) is 0 Å². The summed E-state index contributed by atoms with van der Waals surface area (Å²) in [6, 6.07) is 6.93. The largest absolute Gasteiger partial charge is 0.481 e. The summed E-state index contributed by atoms with van der Waals surface area (Å²) >= 11 is 1.54. The Morgan fingerprint density at radius 1 is 1.11 bits per heavy atom. The fraction of sp³-hybridized carbons (Fsp3) is 0.633. The number of carboxylic acids is 1. The van der Waals surface area contributed by atoms with Gasteiger partial charge in [0.05, 0.1) is 11.6 Å². The Morgan fingerprint density at radius 3 is 2.42 bits per heavy atom. The molecule has 0 spiro atoms. The predicted molar refractivity (Wildman–Crippen MR) is 145 cm³/mol. The Balaban J connectivity index is 1.48. The fourth-order valence-corrected chi connectivity index (χ4v) is 6.77. The van der Waals surface area contributed by atoms with Crippen molar-refractivity contribution in [2.24, 2.45) is 11.8 Å². The summed E-state index contributed by atoms with van der Waals surface area (Å²) in [5, 5.41) is 12.7. The highest BCUT2D eigenvalue weighted by molar-refractivity contribution is 7.14. The molecule has 1 amide bonds. The van der Waals surface area contributed by atoms with Gasteiger partial charge in [-0.1, -0.05) is 65.9 Å². The number of thiazole rings is 1. The van der Waals surface area contributed by atoms with Gasteiger partial charge in [0.25, 0.3) is 5.91 Å². The van der Waals surface area contributed by atoms with Crippen molar-refractivity contribution in [2.75, 3.05) is 0 Å². The van der Waals surface area contributed by atoms with Gasteiger partial charge < -0.3 is 10.4 Å². The minimum atomic E-state index is -0.773. The van der Waals surface area contributed by atoms with Crippen LogP contribution in [0.2, 0.25) is 0 Å². The molecule has 6 heteroatoms. The van der Waals surface area contributed by atoms with Crippen LogP contribution in [0.5, 0.6) is 0 Å². The van der Waals surface area contributed by atoms with Gasteiger partial charge in [-0.05, 0) is 72.1 Å². The quantitative estimate of drug-likeness (QED) is 0.427. The lowest BCUT2D eigenvalue weighted by Gasteiger charge is -2.32. The zero-order chi connectivity index (χ0) is 25.7. The van der Waals surface area contributed by atoms with Crippen LogP contribution >= 0.6 is 11.3 Å². The fourth-order valence-electron chi connectivity index (χ4n) is 5.67. The Bertz CT molecular complexity index is 1120. The van der Waals surface area contributed by atoms with Crippen molar-refractivity contribution in [1.82, 2.24) is 10.3 Å². The highest BCUT2D eigenvalue weighted by atomic mass is 32.1. The first-order valence-corrected chi connectivity index (χ1v) is 14.5. The molecule has 0 bridgehead atoms. The number of nitrogens with zero attached hydrogens (tertiary/aromatic N) is 1. The van der Waals surface area contributed by atoms with Crippen molar-refractivity contribution in [3.8, 4) is 11.3 Å². The Kier molecular flexibility index (Phi) is 6.78. The van der Waals surface area contributed by atoms with E-state index in [1.807, 2.05) is 0 Å². The van der Waals surface area contributed by atoms with Crippen LogP contribution in [0.4, 0.5) is 0 Å². The normalized spacial score (nSPS) is 23.7. The maximum Gasteiger partial charge on any atom is 0.306 e. The zero-order valence-electron chi connectivity index (χ0n) is 22.2. The van der Waals surface area contributed by atoms with Gasteiger partial charge >= 0.3 is 5.97 Å². The second kappa shape index (κ2) is 9.59. The van der Waals surface area contributed by atoms with Crippen LogP contribution in [-0.2, 0) is 22.0 Å². The second-order valence-electron chi connectivity index (χ2n) is 12.8. The van der Waals surface area contributed by atoms with E-state index in [2.05, 4.69) is 51.2 Å². The van der Waals surface area contributed by atoms with Crippen LogP contribution in [0, 0.1) is 11.8 Å². The molecule has 5 nitrogen and oxygen atoms in total. The smallest absolute Gasteiger partial charge is 0.306 e. The van der Waals surface area contributed by atoms with Gasteiger partial charge in [0.2, 0.25) is 0 Å². The first-order valence-electron chi connectivity index (χ1n) is 13.7. The van der Waals surface area contributed by atoms with E-state index in [1.165, 1.54) is 60.9 Å². The highest BCUT2D eigenvalue weighted by Gasteiger charge is 2.40. The van der Waals surface area contributed by atoms with E-state index in [9.17, 15) is 9.59 Å². The molecule has 1 aromatic heterocycles. The summed E-state index contributed by atoms with van der Waals surface area (Å²) in [4.78, 5) is 30.5. The lowest BCUT2D eigenvalue weighted by atomic mass is 9.80.